The molecule has 2 aliphatic rings. The molecule has 2 rings (SSSR count). The Bertz CT molecular complexity index is 244. The summed E-state index contributed by atoms with van der Waals surface area (Å²) in [7, 11) is 0. The van der Waals surface area contributed by atoms with Crippen LogP contribution in [0.4, 0.5) is 4.39 Å². The summed E-state index contributed by atoms with van der Waals surface area (Å²) in [5.41, 5.74) is 0. The molecule has 1 unspecified atom stereocenters. The summed E-state index contributed by atoms with van der Waals surface area (Å²) in [6.45, 7) is 7.57. The predicted octanol–water partition coefficient (Wildman–Crippen LogP) is 2.25. The Morgan fingerprint density at radius 3 is 2.53 bits per heavy atom. The zero-order valence-electron chi connectivity index (χ0n) is 9.70. The summed E-state index contributed by atoms with van der Waals surface area (Å²) in [4.78, 5) is 0. The van der Waals surface area contributed by atoms with Crippen molar-refractivity contribution in [3.05, 3.63) is 0 Å². The van der Waals surface area contributed by atoms with Crippen LogP contribution in [0.25, 0.3) is 0 Å². The highest BCUT2D eigenvalue weighted by molar-refractivity contribution is 4.94. The van der Waals surface area contributed by atoms with Crippen molar-refractivity contribution in [2.24, 2.45) is 5.92 Å². The van der Waals surface area contributed by atoms with E-state index < -0.39 is 24.4 Å². The van der Waals surface area contributed by atoms with E-state index in [1.165, 1.54) is 0 Å². The number of alkyl halides is 1. The van der Waals surface area contributed by atoms with Gasteiger partial charge in [0.2, 0.25) is 0 Å². The van der Waals surface area contributed by atoms with Crippen LogP contribution < -0.4 is 0 Å². The van der Waals surface area contributed by atoms with Crippen molar-refractivity contribution >= 4 is 0 Å². The molecule has 0 aromatic heterocycles. The first kappa shape index (κ1) is 11.3. The van der Waals surface area contributed by atoms with E-state index in [1.807, 2.05) is 13.8 Å². The van der Waals surface area contributed by atoms with Crippen LogP contribution >= 0.6 is 0 Å². The minimum atomic E-state index is -1.08. The Morgan fingerprint density at radius 1 is 1.33 bits per heavy atom. The SMILES string of the molecule is CCC(C)[C@H]1O[C@@H]2OC(C)(C)O[C@@H]2[C@H]1F. The molecule has 0 bridgehead atoms. The molecule has 15 heavy (non-hydrogen) atoms. The van der Waals surface area contributed by atoms with Crippen molar-refractivity contribution in [3.63, 3.8) is 0 Å². The normalized spacial score (nSPS) is 45.4. The monoisotopic (exact) mass is 218 g/mol. The van der Waals surface area contributed by atoms with Crippen LogP contribution in [0.15, 0.2) is 0 Å². The van der Waals surface area contributed by atoms with Gasteiger partial charge in [-0.25, -0.2) is 4.39 Å². The first-order chi connectivity index (χ1) is 6.94. The maximum Gasteiger partial charge on any atom is 0.190 e. The second-order valence-electron chi connectivity index (χ2n) is 4.90. The topological polar surface area (TPSA) is 27.7 Å². The number of hydrogen-bond acceptors (Lipinski definition) is 3. The molecule has 0 radical (unpaired) electrons. The minimum absolute atomic E-state index is 0.195. The Balaban J connectivity index is 2.05. The molecule has 0 amide bonds. The van der Waals surface area contributed by atoms with E-state index in [1.54, 1.807) is 13.8 Å². The third-order valence-corrected chi connectivity index (χ3v) is 3.21. The van der Waals surface area contributed by atoms with Gasteiger partial charge in [0.1, 0.15) is 6.10 Å². The average Bonchev–Trinajstić information content (AvgIpc) is 2.60. The highest BCUT2D eigenvalue weighted by Crippen LogP contribution is 2.41. The Morgan fingerprint density at radius 2 is 2.00 bits per heavy atom. The van der Waals surface area contributed by atoms with Gasteiger partial charge in [-0.1, -0.05) is 20.3 Å². The third-order valence-electron chi connectivity index (χ3n) is 3.21. The van der Waals surface area contributed by atoms with Gasteiger partial charge in [-0.05, 0) is 19.8 Å². The second-order valence-corrected chi connectivity index (χ2v) is 4.90. The Labute approximate surface area is 89.9 Å². The molecule has 0 aliphatic carbocycles. The number of fused-ring (bicyclic) bond motifs is 1. The first-order valence-electron chi connectivity index (χ1n) is 5.60. The van der Waals surface area contributed by atoms with Gasteiger partial charge in [0.25, 0.3) is 0 Å². The lowest BCUT2D eigenvalue weighted by Gasteiger charge is -2.24. The predicted molar refractivity (Wildman–Crippen MR) is 53.0 cm³/mol. The molecule has 0 aromatic rings. The standard InChI is InChI=1S/C11H19FO3/c1-5-6(2)8-7(12)9-10(13-8)15-11(3,4)14-9/h6-10H,5H2,1-4H3/t6?,7-,8+,9+,10+/m0/s1. The zero-order valence-corrected chi connectivity index (χ0v) is 9.70. The van der Waals surface area contributed by atoms with Crippen molar-refractivity contribution in [3.8, 4) is 0 Å². The maximum absolute atomic E-state index is 14.0. The van der Waals surface area contributed by atoms with Gasteiger partial charge in [0.15, 0.2) is 18.2 Å². The van der Waals surface area contributed by atoms with Crippen LogP contribution in [0.1, 0.15) is 34.1 Å². The zero-order chi connectivity index (χ0) is 11.2. The molecule has 5 atom stereocenters. The van der Waals surface area contributed by atoms with Crippen molar-refractivity contribution in [1.82, 2.24) is 0 Å². The van der Waals surface area contributed by atoms with Gasteiger partial charge in [0.05, 0.1) is 6.10 Å². The average molecular weight is 218 g/mol. The van der Waals surface area contributed by atoms with Crippen LogP contribution in [-0.2, 0) is 14.2 Å². The van der Waals surface area contributed by atoms with Crippen LogP contribution in [0, 0.1) is 5.92 Å². The molecular formula is C11H19FO3. The molecule has 2 heterocycles. The number of ether oxygens (including phenoxy) is 3. The van der Waals surface area contributed by atoms with Gasteiger partial charge in [-0.3, -0.25) is 0 Å². The maximum atomic E-state index is 14.0. The van der Waals surface area contributed by atoms with Crippen LogP contribution in [0.5, 0.6) is 0 Å². The quantitative estimate of drug-likeness (QED) is 0.711. The van der Waals surface area contributed by atoms with Crippen molar-refractivity contribution in [2.75, 3.05) is 0 Å². The summed E-state index contributed by atoms with van der Waals surface area (Å²) in [5, 5.41) is 0. The second kappa shape index (κ2) is 3.68. The van der Waals surface area contributed by atoms with Gasteiger partial charge in [-0.15, -0.1) is 0 Å². The summed E-state index contributed by atoms with van der Waals surface area (Å²) in [6.07, 6.45) is -1.66. The summed E-state index contributed by atoms with van der Waals surface area (Å²) in [5.74, 6) is -0.527. The van der Waals surface area contributed by atoms with Crippen LogP contribution in [0.2, 0.25) is 0 Å². The highest BCUT2D eigenvalue weighted by atomic mass is 19.1. The van der Waals surface area contributed by atoms with Crippen LogP contribution in [0.3, 0.4) is 0 Å². The fourth-order valence-electron chi connectivity index (χ4n) is 2.18. The van der Waals surface area contributed by atoms with Crippen LogP contribution in [-0.4, -0.2) is 30.5 Å². The Kier molecular flexibility index (Phi) is 2.77. The number of rotatable bonds is 2. The molecular weight excluding hydrogens is 199 g/mol. The largest absolute Gasteiger partial charge is 0.343 e. The van der Waals surface area contributed by atoms with Crippen molar-refractivity contribution in [1.29, 1.82) is 0 Å². The third kappa shape index (κ3) is 1.90. The van der Waals surface area contributed by atoms with E-state index in [4.69, 9.17) is 14.2 Å². The van der Waals surface area contributed by atoms with E-state index in [-0.39, 0.29) is 12.0 Å². The molecule has 0 saturated carbocycles. The molecule has 4 heteroatoms. The summed E-state index contributed by atoms with van der Waals surface area (Å²) in [6, 6.07) is 0. The van der Waals surface area contributed by atoms with Gasteiger partial charge < -0.3 is 14.2 Å². The smallest absolute Gasteiger partial charge is 0.190 e. The van der Waals surface area contributed by atoms with Gasteiger partial charge >= 0.3 is 0 Å². The van der Waals surface area contributed by atoms with E-state index in [2.05, 4.69) is 0 Å². The van der Waals surface area contributed by atoms with Gasteiger partial charge in [0, 0.05) is 0 Å². The molecule has 88 valence electrons. The highest BCUT2D eigenvalue weighted by Gasteiger charge is 2.56. The summed E-state index contributed by atoms with van der Waals surface area (Å²) < 4.78 is 30.5. The lowest BCUT2D eigenvalue weighted by molar-refractivity contribution is -0.215. The molecule has 0 spiro atoms. The summed E-state index contributed by atoms with van der Waals surface area (Å²) >= 11 is 0. The van der Waals surface area contributed by atoms with E-state index in [0.29, 0.717) is 0 Å². The first-order valence-corrected chi connectivity index (χ1v) is 5.60. The molecule has 2 fully saturated rings. The van der Waals surface area contributed by atoms with E-state index >= 15 is 0 Å². The molecule has 2 aliphatic heterocycles. The minimum Gasteiger partial charge on any atom is -0.343 e. The Hall–Kier alpha value is -0.190. The molecule has 2 saturated heterocycles. The molecule has 0 aromatic carbocycles. The molecule has 3 nitrogen and oxygen atoms in total. The fraction of sp³-hybridized carbons (Fsp3) is 1.00. The lowest BCUT2D eigenvalue weighted by Crippen LogP contribution is -2.34. The number of hydrogen-bond donors (Lipinski definition) is 0. The van der Waals surface area contributed by atoms with E-state index in [9.17, 15) is 4.39 Å². The van der Waals surface area contributed by atoms with Crippen molar-refractivity contribution in [2.45, 2.75) is 64.6 Å². The fourth-order valence-corrected chi connectivity index (χ4v) is 2.18. The lowest BCUT2D eigenvalue weighted by atomic mass is 9.97. The van der Waals surface area contributed by atoms with Crippen molar-refractivity contribution < 1.29 is 18.6 Å². The van der Waals surface area contributed by atoms with Gasteiger partial charge in [-0.2, -0.15) is 0 Å². The van der Waals surface area contributed by atoms with E-state index in [0.717, 1.165) is 6.42 Å². The number of halogens is 1. The molecule has 0 N–H and O–H groups in total.